The largest absolute Gasteiger partial charge is 0.416 e. The van der Waals surface area contributed by atoms with E-state index in [1.807, 2.05) is 0 Å². The summed E-state index contributed by atoms with van der Waals surface area (Å²) in [6, 6.07) is 7.46. The van der Waals surface area contributed by atoms with E-state index in [-0.39, 0.29) is 11.5 Å². The Labute approximate surface area is 163 Å². The molecule has 9 heteroatoms. The molecule has 5 nitrogen and oxygen atoms in total. The summed E-state index contributed by atoms with van der Waals surface area (Å²) in [5, 5.41) is 0. The summed E-state index contributed by atoms with van der Waals surface area (Å²) in [5.74, 6) is -0.956. The second-order valence-electron chi connectivity index (χ2n) is 6.70. The summed E-state index contributed by atoms with van der Waals surface area (Å²) < 4.78 is 52.7. The molecule has 29 heavy (non-hydrogen) atoms. The Morgan fingerprint density at radius 1 is 0.966 bits per heavy atom. The number of anilines is 1. The van der Waals surface area contributed by atoms with Crippen LogP contribution in [0.25, 0.3) is 11.0 Å². The molecule has 1 saturated heterocycles. The van der Waals surface area contributed by atoms with Crippen molar-refractivity contribution >= 4 is 22.6 Å². The molecular formula is C20H16F4N4O. The van der Waals surface area contributed by atoms with E-state index in [0.717, 1.165) is 18.2 Å². The highest BCUT2D eigenvalue weighted by Crippen LogP contribution is 2.32. The third kappa shape index (κ3) is 3.85. The van der Waals surface area contributed by atoms with Gasteiger partial charge in [-0.25, -0.2) is 4.39 Å². The first-order chi connectivity index (χ1) is 13.8. The molecule has 2 aromatic carbocycles. The third-order valence-corrected chi connectivity index (χ3v) is 4.87. The highest BCUT2D eigenvalue weighted by molar-refractivity contribution is 6.04. The Balaban J connectivity index is 1.51. The summed E-state index contributed by atoms with van der Waals surface area (Å²) in [6.45, 7) is 1.33. The van der Waals surface area contributed by atoms with E-state index >= 15 is 0 Å². The van der Waals surface area contributed by atoms with Crippen LogP contribution in [0.3, 0.4) is 0 Å². The van der Waals surface area contributed by atoms with Crippen molar-refractivity contribution in [3.63, 3.8) is 0 Å². The maximum atomic E-state index is 13.9. The Morgan fingerprint density at radius 2 is 1.69 bits per heavy atom. The normalized spacial score (nSPS) is 15.0. The lowest BCUT2D eigenvalue weighted by Crippen LogP contribution is -2.49. The highest BCUT2D eigenvalue weighted by atomic mass is 19.4. The predicted octanol–water partition coefficient (Wildman–Crippen LogP) is 3.75. The molecule has 0 unspecified atom stereocenters. The molecule has 0 saturated carbocycles. The second kappa shape index (κ2) is 7.31. The average Bonchev–Trinajstić information content (AvgIpc) is 2.72. The summed E-state index contributed by atoms with van der Waals surface area (Å²) in [5.41, 5.74) is 0.477. The zero-order valence-electron chi connectivity index (χ0n) is 15.2. The van der Waals surface area contributed by atoms with Crippen LogP contribution in [0.15, 0.2) is 48.8 Å². The topological polar surface area (TPSA) is 49.3 Å². The zero-order valence-corrected chi connectivity index (χ0v) is 15.2. The molecule has 1 amide bonds. The van der Waals surface area contributed by atoms with Gasteiger partial charge < -0.3 is 9.80 Å². The van der Waals surface area contributed by atoms with Crippen molar-refractivity contribution in [2.24, 2.45) is 0 Å². The van der Waals surface area contributed by atoms with Crippen LogP contribution in [-0.4, -0.2) is 47.0 Å². The zero-order chi connectivity index (χ0) is 20.6. The van der Waals surface area contributed by atoms with Gasteiger partial charge in [0.1, 0.15) is 11.3 Å². The van der Waals surface area contributed by atoms with Crippen molar-refractivity contribution in [3.05, 3.63) is 65.7 Å². The average molecular weight is 404 g/mol. The van der Waals surface area contributed by atoms with Gasteiger partial charge in [0.2, 0.25) is 0 Å². The van der Waals surface area contributed by atoms with Crippen LogP contribution < -0.4 is 4.90 Å². The van der Waals surface area contributed by atoms with Gasteiger partial charge in [0, 0.05) is 50.3 Å². The molecule has 0 radical (unpaired) electrons. The van der Waals surface area contributed by atoms with E-state index in [4.69, 9.17) is 0 Å². The van der Waals surface area contributed by atoms with Gasteiger partial charge >= 0.3 is 6.18 Å². The predicted molar refractivity (Wildman–Crippen MR) is 99.1 cm³/mol. The van der Waals surface area contributed by atoms with E-state index in [9.17, 15) is 22.4 Å². The van der Waals surface area contributed by atoms with Crippen LogP contribution in [0.5, 0.6) is 0 Å². The molecule has 4 rings (SSSR count). The van der Waals surface area contributed by atoms with Gasteiger partial charge in [-0.1, -0.05) is 6.07 Å². The number of rotatable bonds is 2. The molecule has 1 aliphatic heterocycles. The molecule has 0 N–H and O–H groups in total. The van der Waals surface area contributed by atoms with Gasteiger partial charge in [0.15, 0.2) is 0 Å². The fourth-order valence-electron chi connectivity index (χ4n) is 3.42. The lowest BCUT2D eigenvalue weighted by molar-refractivity contribution is -0.137. The number of hydrogen-bond donors (Lipinski definition) is 0. The fraction of sp³-hybridized carbons (Fsp3) is 0.250. The van der Waals surface area contributed by atoms with E-state index in [1.54, 1.807) is 15.9 Å². The van der Waals surface area contributed by atoms with Gasteiger partial charge in [-0.05, 0) is 24.3 Å². The van der Waals surface area contributed by atoms with Gasteiger partial charge in [-0.2, -0.15) is 13.2 Å². The Morgan fingerprint density at radius 3 is 2.41 bits per heavy atom. The second-order valence-corrected chi connectivity index (χ2v) is 6.70. The highest BCUT2D eigenvalue weighted by Gasteiger charge is 2.31. The lowest BCUT2D eigenvalue weighted by atomic mass is 10.1. The minimum absolute atomic E-state index is 0.126. The van der Waals surface area contributed by atoms with Gasteiger partial charge in [0.05, 0.1) is 16.6 Å². The standard InChI is InChI=1S/C20H16F4N4O/c21-14-11-16(18-17(12-14)25-4-5-26-18)19(29)28-8-6-27(7-9-28)15-3-1-2-13(10-15)20(22,23)24/h1-5,10-12H,6-9H2. The SMILES string of the molecule is O=C(c1cc(F)cc2nccnc12)N1CCN(c2cccc(C(F)(F)F)c2)CC1. The number of carbonyl (C=O) groups excluding carboxylic acids is 1. The van der Waals surface area contributed by atoms with Crippen LogP contribution in [0.4, 0.5) is 23.2 Å². The molecule has 1 fully saturated rings. The summed E-state index contributed by atoms with van der Waals surface area (Å²) >= 11 is 0. The van der Waals surface area contributed by atoms with E-state index < -0.39 is 17.6 Å². The smallest absolute Gasteiger partial charge is 0.368 e. The Kier molecular flexibility index (Phi) is 4.81. The Bertz CT molecular complexity index is 1060. The van der Waals surface area contributed by atoms with Crippen LogP contribution in [0, 0.1) is 5.82 Å². The number of amides is 1. The van der Waals surface area contributed by atoms with E-state index in [0.29, 0.717) is 42.9 Å². The van der Waals surface area contributed by atoms with Crippen molar-refractivity contribution in [2.75, 3.05) is 31.1 Å². The molecule has 0 aliphatic carbocycles. The first-order valence-corrected chi connectivity index (χ1v) is 8.95. The van der Waals surface area contributed by atoms with Crippen molar-refractivity contribution in [3.8, 4) is 0 Å². The number of halogens is 4. The summed E-state index contributed by atoms with van der Waals surface area (Å²) in [4.78, 5) is 24.4. The minimum atomic E-state index is -4.41. The number of carbonyl (C=O) groups is 1. The number of aromatic nitrogens is 2. The van der Waals surface area contributed by atoms with Gasteiger partial charge in [-0.3, -0.25) is 14.8 Å². The van der Waals surface area contributed by atoms with Crippen LogP contribution in [0.2, 0.25) is 0 Å². The molecule has 0 spiro atoms. The number of alkyl halides is 3. The molecular weight excluding hydrogens is 388 g/mol. The Hall–Kier alpha value is -3.23. The fourth-order valence-corrected chi connectivity index (χ4v) is 3.42. The van der Waals surface area contributed by atoms with Gasteiger partial charge in [-0.15, -0.1) is 0 Å². The number of nitrogens with zero attached hydrogens (tertiary/aromatic N) is 4. The number of piperazine rings is 1. The van der Waals surface area contributed by atoms with Crippen LogP contribution in [0.1, 0.15) is 15.9 Å². The molecule has 1 aliphatic rings. The monoisotopic (exact) mass is 404 g/mol. The van der Waals surface area contributed by atoms with Crippen molar-refractivity contribution < 1.29 is 22.4 Å². The maximum Gasteiger partial charge on any atom is 0.416 e. The molecule has 150 valence electrons. The number of fused-ring (bicyclic) bond motifs is 1. The van der Waals surface area contributed by atoms with Crippen molar-refractivity contribution in [1.29, 1.82) is 0 Å². The maximum absolute atomic E-state index is 13.9. The molecule has 2 heterocycles. The number of hydrogen-bond acceptors (Lipinski definition) is 4. The van der Waals surface area contributed by atoms with Gasteiger partial charge in [0.25, 0.3) is 5.91 Å². The van der Waals surface area contributed by atoms with Crippen molar-refractivity contribution in [2.45, 2.75) is 6.18 Å². The van der Waals surface area contributed by atoms with E-state index in [1.165, 1.54) is 24.5 Å². The first-order valence-electron chi connectivity index (χ1n) is 8.95. The molecule has 3 aromatic rings. The first kappa shape index (κ1) is 19.1. The molecule has 0 bridgehead atoms. The lowest BCUT2D eigenvalue weighted by Gasteiger charge is -2.36. The minimum Gasteiger partial charge on any atom is -0.368 e. The molecule has 1 aromatic heterocycles. The summed E-state index contributed by atoms with van der Waals surface area (Å²) in [7, 11) is 0. The quantitative estimate of drug-likeness (QED) is 0.611. The number of benzene rings is 2. The molecule has 0 atom stereocenters. The van der Waals surface area contributed by atoms with Crippen molar-refractivity contribution in [1.82, 2.24) is 14.9 Å². The van der Waals surface area contributed by atoms with E-state index in [2.05, 4.69) is 9.97 Å². The third-order valence-electron chi connectivity index (χ3n) is 4.87. The van der Waals surface area contributed by atoms with Crippen LogP contribution >= 0.6 is 0 Å². The summed E-state index contributed by atoms with van der Waals surface area (Å²) in [6.07, 6.45) is -1.56. The van der Waals surface area contributed by atoms with Crippen LogP contribution in [-0.2, 0) is 6.18 Å².